The third-order valence-electron chi connectivity index (χ3n) is 5.54. The van der Waals surface area contributed by atoms with E-state index in [1.807, 2.05) is 17.0 Å². The lowest BCUT2D eigenvalue weighted by atomic mass is 10.1. The van der Waals surface area contributed by atoms with Crippen LogP contribution in [0.25, 0.3) is 0 Å². The van der Waals surface area contributed by atoms with Crippen molar-refractivity contribution < 1.29 is 14.3 Å². The fraction of sp³-hybridized carbons (Fsp3) is 0.524. The molecular formula is C21H28N2O3. The molecule has 0 saturated carbocycles. The summed E-state index contributed by atoms with van der Waals surface area (Å²) in [5.41, 5.74) is 3.33. The van der Waals surface area contributed by atoms with Crippen molar-refractivity contribution in [1.29, 1.82) is 0 Å². The molecule has 0 spiro atoms. The molecule has 0 unspecified atom stereocenters. The van der Waals surface area contributed by atoms with Gasteiger partial charge in [-0.05, 0) is 43.9 Å². The van der Waals surface area contributed by atoms with Crippen molar-refractivity contribution in [3.8, 4) is 5.75 Å². The summed E-state index contributed by atoms with van der Waals surface area (Å²) < 4.78 is 5.22. The molecule has 1 fully saturated rings. The zero-order valence-corrected chi connectivity index (χ0v) is 16.0. The maximum Gasteiger partial charge on any atom is 0.254 e. The van der Waals surface area contributed by atoms with E-state index in [4.69, 9.17) is 4.74 Å². The van der Waals surface area contributed by atoms with Crippen LogP contribution >= 0.6 is 0 Å². The molecule has 26 heavy (non-hydrogen) atoms. The Hall–Kier alpha value is -2.30. The minimum Gasteiger partial charge on any atom is -0.497 e. The normalized spacial score (nSPS) is 20.0. The van der Waals surface area contributed by atoms with Crippen LogP contribution in [0, 0.1) is 0 Å². The Morgan fingerprint density at radius 2 is 1.85 bits per heavy atom. The molecule has 2 amide bonds. The Labute approximate surface area is 155 Å². The first-order chi connectivity index (χ1) is 12.6. The summed E-state index contributed by atoms with van der Waals surface area (Å²) in [6, 6.07) is 6.81. The molecule has 0 bridgehead atoms. The van der Waals surface area contributed by atoms with Crippen LogP contribution in [-0.4, -0.2) is 54.4 Å². The van der Waals surface area contributed by atoms with Gasteiger partial charge >= 0.3 is 0 Å². The Morgan fingerprint density at radius 1 is 1.15 bits per heavy atom. The summed E-state index contributed by atoms with van der Waals surface area (Å²) in [5.74, 6) is 0.660. The maximum absolute atomic E-state index is 13.1. The van der Waals surface area contributed by atoms with Crippen LogP contribution in [0.3, 0.4) is 0 Å². The average Bonchev–Trinajstić information content (AvgIpc) is 3.33. The van der Waals surface area contributed by atoms with Gasteiger partial charge in [-0.15, -0.1) is 0 Å². The lowest BCUT2D eigenvalue weighted by molar-refractivity contribution is -0.134. The molecule has 5 heteroatoms. The number of ether oxygens (including phenoxy) is 1. The van der Waals surface area contributed by atoms with Crippen molar-refractivity contribution in [1.82, 2.24) is 9.80 Å². The number of methoxy groups -OCH3 is 1. The summed E-state index contributed by atoms with van der Waals surface area (Å²) in [6.45, 7) is 6.36. The van der Waals surface area contributed by atoms with Crippen LogP contribution in [0.2, 0.25) is 0 Å². The summed E-state index contributed by atoms with van der Waals surface area (Å²) in [6.07, 6.45) is 3.59. The van der Waals surface area contributed by atoms with Crippen molar-refractivity contribution in [2.75, 3.05) is 26.7 Å². The summed E-state index contributed by atoms with van der Waals surface area (Å²) in [5, 5.41) is 0. The van der Waals surface area contributed by atoms with Gasteiger partial charge in [-0.3, -0.25) is 9.59 Å². The molecule has 0 aliphatic carbocycles. The molecule has 1 atom stereocenters. The molecule has 3 rings (SSSR count). The highest BCUT2D eigenvalue weighted by molar-refractivity contribution is 5.98. The molecule has 1 saturated heterocycles. The number of likely N-dealkylation sites (tertiary alicyclic amines) is 1. The number of carbonyl (C=O) groups excluding carboxylic acids is 2. The fourth-order valence-corrected chi connectivity index (χ4v) is 4.02. The summed E-state index contributed by atoms with van der Waals surface area (Å²) in [4.78, 5) is 29.8. The lowest BCUT2D eigenvalue weighted by Crippen LogP contribution is -2.47. The minimum absolute atomic E-state index is 0.0849. The molecule has 0 N–H and O–H groups in total. The predicted molar refractivity (Wildman–Crippen MR) is 101 cm³/mol. The van der Waals surface area contributed by atoms with Gasteiger partial charge in [0.15, 0.2) is 0 Å². The first-order valence-corrected chi connectivity index (χ1v) is 9.52. The number of carbonyl (C=O) groups is 2. The van der Waals surface area contributed by atoms with Gasteiger partial charge in [0.05, 0.1) is 7.11 Å². The second-order valence-corrected chi connectivity index (χ2v) is 7.00. The highest BCUT2D eigenvalue weighted by Crippen LogP contribution is 2.28. The lowest BCUT2D eigenvalue weighted by Gasteiger charge is -2.28. The van der Waals surface area contributed by atoms with Crippen LogP contribution in [-0.2, 0) is 4.79 Å². The summed E-state index contributed by atoms with van der Waals surface area (Å²) >= 11 is 0. The van der Waals surface area contributed by atoms with Crippen LogP contribution in [0.4, 0.5) is 0 Å². The monoisotopic (exact) mass is 356 g/mol. The van der Waals surface area contributed by atoms with Crippen molar-refractivity contribution >= 4 is 11.8 Å². The molecule has 2 aliphatic rings. The Morgan fingerprint density at radius 3 is 2.46 bits per heavy atom. The number of hydrogen-bond acceptors (Lipinski definition) is 3. The highest BCUT2D eigenvalue weighted by atomic mass is 16.5. The van der Waals surface area contributed by atoms with Gasteiger partial charge in [-0.2, -0.15) is 0 Å². The van der Waals surface area contributed by atoms with Gasteiger partial charge in [0.1, 0.15) is 11.8 Å². The predicted octanol–water partition coefficient (Wildman–Crippen LogP) is 3.26. The van der Waals surface area contributed by atoms with E-state index >= 15 is 0 Å². The number of rotatable bonds is 5. The van der Waals surface area contributed by atoms with E-state index in [1.165, 1.54) is 11.1 Å². The van der Waals surface area contributed by atoms with Crippen LogP contribution in [0.5, 0.6) is 5.75 Å². The molecule has 2 aliphatic heterocycles. The zero-order valence-electron chi connectivity index (χ0n) is 16.0. The third kappa shape index (κ3) is 3.48. The van der Waals surface area contributed by atoms with Gasteiger partial charge in [0, 0.05) is 25.2 Å². The molecule has 2 heterocycles. The van der Waals surface area contributed by atoms with Gasteiger partial charge in [0.2, 0.25) is 5.91 Å². The van der Waals surface area contributed by atoms with Crippen molar-refractivity contribution in [2.24, 2.45) is 0 Å². The molecule has 1 aromatic rings. The van der Waals surface area contributed by atoms with E-state index in [0.29, 0.717) is 17.9 Å². The fourth-order valence-electron chi connectivity index (χ4n) is 4.02. The summed E-state index contributed by atoms with van der Waals surface area (Å²) in [7, 11) is 1.59. The highest BCUT2D eigenvalue weighted by Gasteiger charge is 2.38. The first-order valence-electron chi connectivity index (χ1n) is 9.52. The topological polar surface area (TPSA) is 49.9 Å². The molecule has 1 aromatic carbocycles. The van der Waals surface area contributed by atoms with E-state index in [1.54, 1.807) is 24.1 Å². The third-order valence-corrected chi connectivity index (χ3v) is 5.54. The average molecular weight is 356 g/mol. The van der Waals surface area contributed by atoms with E-state index < -0.39 is 0 Å². The number of nitrogens with zero attached hydrogens (tertiary/aromatic N) is 2. The Kier molecular flexibility index (Phi) is 5.64. The quantitative estimate of drug-likeness (QED) is 0.761. The van der Waals surface area contributed by atoms with E-state index in [9.17, 15) is 9.59 Å². The second-order valence-electron chi connectivity index (χ2n) is 7.00. The van der Waals surface area contributed by atoms with Crippen LogP contribution in [0.15, 0.2) is 35.4 Å². The number of hydrogen-bond donors (Lipinski definition) is 0. The van der Waals surface area contributed by atoms with Crippen LogP contribution < -0.4 is 4.74 Å². The zero-order chi connectivity index (χ0) is 18.7. The van der Waals surface area contributed by atoms with Crippen molar-refractivity contribution in [3.05, 3.63) is 41.0 Å². The standard InChI is InChI=1S/C21H28N2O3/c1-4-15-13-22(14-16(15)5-2)21(25)19-10-7-11-23(19)20(24)17-8-6-9-18(12-17)26-3/h6,8-9,12,19H,4-5,7,10-11,13-14H2,1-3H3/t19-/m0/s1. The maximum atomic E-state index is 13.1. The number of amides is 2. The van der Waals surface area contributed by atoms with Gasteiger partial charge < -0.3 is 14.5 Å². The van der Waals surface area contributed by atoms with Gasteiger partial charge in [-0.25, -0.2) is 0 Å². The first kappa shape index (κ1) is 18.5. The Bertz CT molecular complexity index is 710. The molecule has 0 aromatic heterocycles. The largest absolute Gasteiger partial charge is 0.497 e. The molecular weight excluding hydrogens is 328 g/mol. The van der Waals surface area contributed by atoms with E-state index in [-0.39, 0.29) is 17.9 Å². The smallest absolute Gasteiger partial charge is 0.254 e. The Balaban J connectivity index is 1.74. The second kappa shape index (κ2) is 7.94. The minimum atomic E-state index is -0.344. The molecule has 0 radical (unpaired) electrons. The van der Waals surface area contributed by atoms with Crippen LogP contribution in [0.1, 0.15) is 49.9 Å². The van der Waals surface area contributed by atoms with Gasteiger partial charge in [0.25, 0.3) is 5.91 Å². The SMILES string of the molecule is CCC1=C(CC)CN(C(=O)[C@@H]2CCCN2C(=O)c2cccc(OC)c2)C1. The van der Waals surface area contributed by atoms with E-state index in [0.717, 1.165) is 38.8 Å². The van der Waals surface area contributed by atoms with Gasteiger partial charge in [-0.1, -0.05) is 31.1 Å². The van der Waals surface area contributed by atoms with E-state index in [2.05, 4.69) is 13.8 Å². The number of benzene rings is 1. The van der Waals surface area contributed by atoms with Crippen molar-refractivity contribution in [2.45, 2.75) is 45.6 Å². The molecule has 140 valence electrons. The molecule has 5 nitrogen and oxygen atoms in total. The van der Waals surface area contributed by atoms with Crippen molar-refractivity contribution in [3.63, 3.8) is 0 Å².